The minimum absolute atomic E-state index is 0.0182. The molecular weight excluding hydrogens is 435 g/mol. The molecule has 0 radical (unpaired) electrons. The van der Waals surface area contributed by atoms with Crippen molar-refractivity contribution < 1.29 is 9.13 Å². The Labute approximate surface area is 199 Å². The summed E-state index contributed by atoms with van der Waals surface area (Å²) in [4.78, 5) is 2.24. The van der Waals surface area contributed by atoms with E-state index in [1.54, 1.807) is 0 Å². The Hall–Kier alpha value is -2.66. The van der Waals surface area contributed by atoms with Gasteiger partial charge in [0.15, 0.2) is 0 Å². The Bertz CT molecular complexity index is 1300. The van der Waals surface area contributed by atoms with Gasteiger partial charge in [0.1, 0.15) is 5.82 Å². The third kappa shape index (κ3) is 4.31. The average Bonchev–Trinajstić information content (AvgIpc) is 3.38. The molecule has 0 N–H and O–H groups in total. The van der Waals surface area contributed by atoms with Crippen molar-refractivity contribution >= 4 is 22.5 Å². The smallest absolute Gasteiger partial charge is 0.123 e. The molecular formula is C28H28ClFN2O. The lowest BCUT2D eigenvalue weighted by Crippen LogP contribution is -2.34. The van der Waals surface area contributed by atoms with E-state index in [4.69, 9.17) is 16.3 Å². The van der Waals surface area contributed by atoms with Crippen LogP contribution >= 0.6 is 11.6 Å². The minimum Gasteiger partial charge on any atom is -0.367 e. The van der Waals surface area contributed by atoms with E-state index in [1.807, 2.05) is 31.4 Å². The zero-order valence-corrected chi connectivity index (χ0v) is 19.9. The van der Waals surface area contributed by atoms with Crippen LogP contribution in [0, 0.1) is 5.82 Å². The molecule has 2 heterocycles. The van der Waals surface area contributed by atoms with Gasteiger partial charge in [0.05, 0.1) is 23.3 Å². The monoisotopic (exact) mass is 462 g/mol. The van der Waals surface area contributed by atoms with Crippen LogP contribution in [0.3, 0.4) is 0 Å². The molecule has 1 aromatic heterocycles. The van der Waals surface area contributed by atoms with E-state index in [-0.39, 0.29) is 18.0 Å². The number of hydrogen-bond acceptors (Lipinski definition) is 2. The molecule has 0 saturated heterocycles. The summed E-state index contributed by atoms with van der Waals surface area (Å²) in [7, 11) is 6.21. The fourth-order valence-corrected chi connectivity index (χ4v) is 5.33. The molecule has 1 aliphatic heterocycles. The number of benzene rings is 3. The molecule has 5 rings (SSSR count). The van der Waals surface area contributed by atoms with Gasteiger partial charge in [-0.25, -0.2) is 4.39 Å². The number of halogens is 2. The summed E-state index contributed by atoms with van der Waals surface area (Å²) >= 11 is 6.60. The molecule has 170 valence electrons. The van der Waals surface area contributed by atoms with Crippen LogP contribution < -0.4 is 0 Å². The molecule has 3 aromatic carbocycles. The molecule has 0 spiro atoms. The highest BCUT2D eigenvalue weighted by Gasteiger charge is 2.32. The van der Waals surface area contributed by atoms with Crippen LogP contribution in [0.4, 0.5) is 4.39 Å². The Morgan fingerprint density at radius 1 is 1.06 bits per heavy atom. The first-order valence-electron chi connectivity index (χ1n) is 11.3. The van der Waals surface area contributed by atoms with Crippen LogP contribution in [0.2, 0.25) is 5.02 Å². The molecule has 33 heavy (non-hydrogen) atoms. The van der Waals surface area contributed by atoms with Gasteiger partial charge in [-0.3, -0.25) is 0 Å². The van der Waals surface area contributed by atoms with Gasteiger partial charge in [0.2, 0.25) is 0 Å². The summed E-state index contributed by atoms with van der Waals surface area (Å²) in [6.45, 7) is 0.607. The fourth-order valence-electron chi connectivity index (χ4n) is 4.97. The number of hydrogen-bond donors (Lipinski definition) is 0. The molecule has 0 saturated carbocycles. The lowest BCUT2D eigenvalue weighted by Gasteiger charge is -2.30. The molecule has 0 fully saturated rings. The second-order valence-corrected chi connectivity index (χ2v) is 9.57. The van der Waals surface area contributed by atoms with Crippen LogP contribution in [0.1, 0.15) is 29.2 Å². The predicted octanol–water partition coefficient (Wildman–Crippen LogP) is 6.77. The quantitative estimate of drug-likeness (QED) is 0.314. The van der Waals surface area contributed by atoms with E-state index in [0.717, 1.165) is 45.5 Å². The van der Waals surface area contributed by atoms with Crippen molar-refractivity contribution in [2.75, 3.05) is 14.1 Å². The number of aryl methyl sites for hydroxylation is 2. The second kappa shape index (κ2) is 8.94. The van der Waals surface area contributed by atoms with Crippen LogP contribution in [0.5, 0.6) is 0 Å². The molecule has 4 aromatic rings. The van der Waals surface area contributed by atoms with Gasteiger partial charge in [-0.15, -0.1) is 0 Å². The summed E-state index contributed by atoms with van der Waals surface area (Å²) in [6.07, 6.45) is 3.87. The normalized spacial score (nSPS) is 16.5. The van der Waals surface area contributed by atoms with Crippen molar-refractivity contribution in [1.29, 1.82) is 0 Å². The van der Waals surface area contributed by atoms with Crippen molar-refractivity contribution in [3.8, 4) is 11.1 Å². The fraction of sp³-hybridized carbons (Fsp3) is 0.286. The third-order valence-electron chi connectivity index (χ3n) is 6.78. The van der Waals surface area contributed by atoms with Crippen molar-refractivity contribution in [3.63, 3.8) is 0 Å². The van der Waals surface area contributed by atoms with Crippen molar-refractivity contribution in [2.24, 2.45) is 7.05 Å². The van der Waals surface area contributed by atoms with Crippen molar-refractivity contribution in [3.05, 3.63) is 94.4 Å². The molecule has 5 heteroatoms. The van der Waals surface area contributed by atoms with E-state index in [0.29, 0.717) is 6.61 Å². The maximum Gasteiger partial charge on any atom is 0.123 e. The lowest BCUT2D eigenvalue weighted by atomic mass is 9.92. The van der Waals surface area contributed by atoms with Gasteiger partial charge in [-0.2, -0.15) is 0 Å². The first kappa shape index (κ1) is 22.1. The van der Waals surface area contributed by atoms with Gasteiger partial charge in [0, 0.05) is 24.7 Å². The van der Waals surface area contributed by atoms with E-state index >= 15 is 0 Å². The molecule has 1 aliphatic rings. The minimum atomic E-state index is -0.195. The Balaban J connectivity index is 1.39. The topological polar surface area (TPSA) is 17.4 Å². The Morgan fingerprint density at radius 3 is 2.61 bits per heavy atom. The maximum atomic E-state index is 13.2. The number of rotatable bonds is 6. The average molecular weight is 463 g/mol. The first-order chi connectivity index (χ1) is 15.9. The largest absolute Gasteiger partial charge is 0.367 e. The van der Waals surface area contributed by atoms with Gasteiger partial charge in [-0.05, 0) is 91.2 Å². The number of fused-ring (bicyclic) bond motifs is 2. The van der Waals surface area contributed by atoms with Gasteiger partial charge in [0.25, 0.3) is 0 Å². The molecule has 0 aliphatic carbocycles. The Morgan fingerprint density at radius 2 is 1.85 bits per heavy atom. The summed E-state index contributed by atoms with van der Waals surface area (Å²) in [5.41, 5.74) is 6.95. The molecule has 3 nitrogen and oxygen atoms in total. The SMILES string of the molecule is CN(C)C(CCc1ccc(F)cc1)C1OCc2cc(-c3cc(Cl)c4c(ccn4C)c3)ccc21. The summed E-state index contributed by atoms with van der Waals surface area (Å²) in [5.74, 6) is -0.195. The van der Waals surface area contributed by atoms with Crippen molar-refractivity contribution in [2.45, 2.75) is 31.6 Å². The van der Waals surface area contributed by atoms with E-state index in [9.17, 15) is 4.39 Å². The standard InChI is InChI=1S/C28H28ClFN2O/c1-31(2)26(11-6-18-4-8-23(30)9-5-18)28-24-10-7-19(14-22(24)17-33-28)21-15-20-12-13-32(3)27(20)25(29)16-21/h4-5,7-10,12-16,26,28H,6,11,17H2,1-3H3. The third-order valence-corrected chi connectivity index (χ3v) is 7.07. The van der Waals surface area contributed by atoms with Gasteiger partial charge >= 0.3 is 0 Å². The second-order valence-electron chi connectivity index (χ2n) is 9.16. The number of likely N-dealkylation sites (N-methyl/N-ethyl adjacent to an activating group) is 1. The molecule has 0 bridgehead atoms. The highest BCUT2D eigenvalue weighted by molar-refractivity contribution is 6.35. The highest BCUT2D eigenvalue weighted by atomic mass is 35.5. The zero-order valence-electron chi connectivity index (χ0n) is 19.2. The van der Waals surface area contributed by atoms with E-state index in [1.165, 1.54) is 23.3 Å². The number of ether oxygens (including phenoxy) is 1. The molecule has 2 atom stereocenters. The van der Waals surface area contributed by atoms with Crippen LogP contribution in [-0.4, -0.2) is 29.6 Å². The number of aromatic nitrogens is 1. The van der Waals surface area contributed by atoms with Crippen LogP contribution in [-0.2, 0) is 24.8 Å². The summed E-state index contributed by atoms with van der Waals surface area (Å²) < 4.78 is 21.6. The maximum absolute atomic E-state index is 13.2. The Kier molecular flexibility index (Phi) is 6.00. The van der Waals surface area contributed by atoms with Gasteiger partial charge in [-0.1, -0.05) is 35.9 Å². The van der Waals surface area contributed by atoms with E-state index in [2.05, 4.69) is 53.9 Å². The summed E-state index contributed by atoms with van der Waals surface area (Å²) in [6, 6.07) is 20.0. The number of nitrogens with zero attached hydrogens (tertiary/aromatic N) is 2. The zero-order chi connectivity index (χ0) is 23.1. The first-order valence-corrected chi connectivity index (χ1v) is 11.7. The summed E-state index contributed by atoms with van der Waals surface area (Å²) in [5, 5.41) is 1.90. The predicted molar refractivity (Wildman–Crippen MR) is 133 cm³/mol. The van der Waals surface area contributed by atoms with Crippen molar-refractivity contribution in [1.82, 2.24) is 9.47 Å². The van der Waals surface area contributed by atoms with Crippen LogP contribution in [0.25, 0.3) is 22.0 Å². The molecule has 0 amide bonds. The van der Waals surface area contributed by atoms with Gasteiger partial charge < -0.3 is 14.2 Å². The van der Waals surface area contributed by atoms with Crippen LogP contribution in [0.15, 0.2) is 66.9 Å². The molecule has 2 unspecified atom stereocenters. The lowest BCUT2D eigenvalue weighted by molar-refractivity contribution is 0.00519. The highest BCUT2D eigenvalue weighted by Crippen LogP contribution is 2.39. The van der Waals surface area contributed by atoms with E-state index < -0.39 is 0 Å².